The Morgan fingerprint density at radius 1 is 1.25 bits per heavy atom. The number of carbonyl (C=O) groups excluding carboxylic acids is 2. The van der Waals surface area contributed by atoms with E-state index in [1.807, 2.05) is 19.0 Å². The van der Waals surface area contributed by atoms with Crippen molar-refractivity contribution in [1.82, 2.24) is 25.0 Å². The first-order valence-electron chi connectivity index (χ1n) is 12.8. The van der Waals surface area contributed by atoms with E-state index in [4.69, 9.17) is 9.15 Å². The molecule has 1 aliphatic rings. The normalized spacial score (nSPS) is 17.4. The predicted molar refractivity (Wildman–Crippen MR) is 145 cm³/mol. The van der Waals surface area contributed by atoms with Crippen LogP contribution in [0.5, 0.6) is 0 Å². The first-order chi connectivity index (χ1) is 19.2. The van der Waals surface area contributed by atoms with Crippen molar-refractivity contribution < 1.29 is 27.5 Å². The van der Waals surface area contributed by atoms with E-state index in [2.05, 4.69) is 15.5 Å². The van der Waals surface area contributed by atoms with E-state index in [0.717, 1.165) is 0 Å². The van der Waals surface area contributed by atoms with Gasteiger partial charge in [0.15, 0.2) is 0 Å². The summed E-state index contributed by atoms with van der Waals surface area (Å²) in [6.07, 6.45) is 6.54. The third kappa shape index (κ3) is 4.04. The summed E-state index contributed by atoms with van der Waals surface area (Å²) < 4.78 is 43.7. The molecule has 6 rings (SSSR count). The second kappa shape index (κ2) is 9.60. The highest BCUT2D eigenvalue weighted by molar-refractivity contribution is 6.13. The van der Waals surface area contributed by atoms with Gasteiger partial charge in [0.2, 0.25) is 5.91 Å². The second-order valence-corrected chi connectivity index (χ2v) is 10.5. The Morgan fingerprint density at radius 2 is 2.08 bits per heavy atom. The Morgan fingerprint density at radius 3 is 2.85 bits per heavy atom. The lowest BCUT2D eigenvalue weighted by atomic mass is 9.75. The van der Waals surface area contributed by atoms with Crippen LogP contribution >= 0.6 is 0 Å². The number of nitrogens with zero attached hydrogens (tertiary/aromatic N) is 3. The fourth-order valence-corrected chi connectivity index (χ4v) is 5.41. The molecule has 1 aliphatic heterocycles. The van der Waals surface area contributed by atoms with Crippen molar-refractivity contribution in [2.45, 2.75) is 25.3 Å². The van der Waals surface area contributed by atoms with Crippen LogP contribution in [0, 0.1) is 11.6 Å². The molecule has 0 bridgehead atoms. The lowest BCUT2D eigenvalue weighted by molar-refractivity contribution is -0.125. The number of carbonyl (C=O) groups is 2. The standard InChI is InChI=1S/C29H27F2N5O4/c1-29(6-4-7-32-28(29)38)24-23-22(13-20(31)18-5-9-39-26(18)23)36(25(24)27(37)40-10-8-35(2)3)15-17-11-16-14-33-34-21(16)12-19(17)30/h4-5,7,9,11-14H,6,8,10,15H2,1-3H3,(H,32,38)(H,33,34). The number of amides is 1. The van der Waals surface area contributed by atoms with Crippen molar-refractivity contribution in [1.29, 1.82) is 0 Å². The number of esters is 1. The molecule has 0 radical (unpaired) electrons. The Kier molecular flexibility index (Phi) is 6.18. The first kappa shape index (κ1) is 25.8. The Balaban J connectivity index is 1.66. The van der Waals surface area contributed by atoms with Crippen LogP contribution in [0.4, 0.5) is 8.78 Å². The number of halogens is 2. The zero-order valence-electron chi connectivity index (χ0n) is 22.2. The molecule has 2 aromatic carbocycles. The van der Waals surface area contributed by atoms with Crippen LogP contribution < -0.4 is 5.32 Å². The fourth-order valence-electron chi connectivity index (χ4n) is 5.41. The van der Waals surface area contributed by atoms with Crippen LogP contribution in [0.2, 0.25) is 0 Å². The number of hydrogen-bond acceptors (Lipinski definition) is 6. The Bertz CT molecular complexity index is 1830. The Hall–Kier alpha value is -4.51. The van der Waals surface area contributed by atoms with Crippen LogP contribution in [0.3, 0.4) is 0 Å². The molecule has 5 aromatic rings. The number of likely N-dealkylation sites (N-methyl/N-ethyl adjacent to an activating group) is 1. The van der Waals surface area contributed by atoms with Gasteiger partial charge in [0.1, 0.15) is 29.5 Å². The number of benzene rings is 2. The molecule has 1 amide bonds. The maximum atomic E-state index is 15.4. The summed E-state index contributed by atoms with van der Waals surface area (Å²) in [5.41, 5.74) is 0.381. The monoisotopic (exact) mass is 547 g/mol. The van der Waals surface area contributed by atoms with Crippen LogP contribution in [0.1, 0.15) is 35.0 Å². The number of nitrogens with one attached hydrogen (secondary N) is 2. The average Bonchev–Trinajstić information content (AvgIpc) is 3.64. The van der Waals surface area contributed by atoms with Gasteiger partial charge in [0.25, 0.3) is 0 Å². The van der Waals surface area contributed by atoms with Crippen LogP contribution in [-0.2, 0) is 21.5 Å². The summed E-state index contributed by atoms with van der Waals surface area (Å²) in [7, 11) is 3.70. The molecule has 0 saturated heterocycles. The minimum Gasteiger partial charge on any atom is -0.464 e. The zero-order chi connectivity index (χ0) is 28.2. The molecule has 9 nitrogen and oxygen atoms in total. The van der Waals surface area contributed by atoms with Crippen molar-refractivity contribution in [2.75, 3.05) is 27.2 Å². The van der Waals surface area contributed by atoms with Crippen molar-refractivity contribution >= 4 is 44.7 Å². The molecule has 3 aromatic heterocycles. The number of fused-ring (bicyclic) bond motifs is 4. The number of aromatic amines is 1. The van der Waals surface area contributed by atoms with Crippen molar-refractivity contribution in [3.05, 3.63) is 77.5 Å². The molecule has 2 N–H and O–H groups in total. The van der Waals surface area contributed by atoms with Gasteiger partial charge in [-0.15, -0.1) is 0 Å². The van der Waals surface area contributed by atoms with Crippen molar-refractivity contribution in [3.8, 4) is 0 Å². The predicted octanol–water partition coefficient (Wildman–Crippen LogP) is 4.60. The molecule has 1 atom stereocenters. The number of rotatable bonds is 7. The summed E-state index contributed by atoms with van der Waals surface area (Å²) in [5.74, 6) is -2.15. The molecule has 0 saturated carbocycles. The van der Waals surface area contributed by atoms with Gasteiger partial charge in [-0.05, 0) is 57.9 Å². The second-order valence-electron chi connectivity index (χ2n) is 10.5. The van der Waals surface area contributed by atoms with Gasteiger partial charge in [-0.1, -0.05) is 6.08 Å². The van der Waals surface area contributed by atoms with E-state index >= 15 is 8.78 Å². The van der Waals surface area contributed by atoms with Crippen molar-refractivity contribution in [3.63, 3.8) is 0 Å². The SMILES string of the molecule is CN(C)CCOC(=O)c1c(C2(C)CC=CNC2=O)c2c3occc3c(F)cc2n1Cc1cc2cn[nH]c2cc1F. The van der Waals surface area contributed by atoms with Gasteiger partial charge in [-0.3, -0.25) is 9.89 Å². The topological polar surface area (TPSA) is 105 Å². The maximum Gasteiger partial charge on any atom is 0.355 e. The van der Waals surface area contributed by atoms with E-state index in [9.17, 15) is 9.59 Å². The highest BCUT2D eigenvalue weighted by atomic mass is 19.1. The molecular formula is C29H27F2N5O4. The molecule has 0 spiro atoms. The van der Waals surface area contributed by atoms with Crippen LogP contribution in [-0.4, -0.2) is 58.8 Å². The summed E-state index contributed by atoms with van der Waals surface area (Å²) in [5, 5.41) is 10.7. The molecule has 1 unspecified atom stereocenters. The van der Waals surface area contributed by atoms with E-state index in [1.165, 1.54) is 29.0 Å². The largest absolute Gasteiger partial charge is 0.464 e. The lowest BCUT2D eigenvalue weighted by Crippen LogP contribution is -2.43. The smallest absolute Gasteiger partial charge is 0.355 e. The maximum absolute atomic E-state index is 15.4. The number of H-pyrrole nitrogens is 1. The molecular weight excluding hydrogens is 520 g/mol. The quantitative estimate of drug-likeness (QED) is 0.289. The molecule has 4 heterocycles. The molecule has 0 fully saturated rings. The third-order valence-electron chi connectivity index (χ3n) is 7.53. The van der Waals surface area contributed by atoms with E-state index < -0.39 is 23.0 Å². The third-order valence-corrected chi connectivity index (χ3v) is 7.53. The van der Waals surface area contributed by atoms with Gasteiger partial charge in [0.05, 0.1) is 40.8 Å². The fraction of sp³-hybridized carbons (Fsp3) is 0.276. The average molecular weight is 548 g/mol. The summed E-state index contributed by atoms with van der Waals surface area (Å²) >= 11 is 0. The lowest BCUT2D eigenvalue weighted by Gasteiger charge is -2.30. The first-order valence-corrected chi connectivity index (χ1v) is 12.8. The van der Waals surface area contributed by atoms with E-state index in [0.29, 0.717) is 28.4 Å². The summed E-state index contributed by atoms with van der Waals surface area (Å²) in [4.78, 5) is 29.2. The molecule has 0 aliphatic carbocycles. The highest BCUT2D eigenvalue weighted by Gasteiger charge is 2.44. The number of allylic oxidation sites excluding steroid dienone is 1. The highest BCUT2D eigenvalue weighted by Crippen LogP contribution is 2.44. The molecule has 11 heteroatoms. The van der Waals surface area contributed by atoms with Crippen molar-refractivity contribution in [2.24, 2.45) is 0 Å². The summed E-state index contributed by atoms with van der Waals surface area (Å²) in [6, 6.07) is 5.74. The molecule has 40 heavy (non-hydrogen) atoms. The van der Waals surface area contributed by atoms with Crippen LogP contribution in [0.25, 0.3) is 32.8 Å². The van der Waals surface area contributed by atoms with Crippen LogP contribution in [0.15, 0.2) is 53.4 Å². The van der Waals surface area contributed by atoms with Gasteiger partial charge >= 0.3 is 5.97 Å². The van der Waals surface area contributed by atoms with E-state index in [1.54, 1.807) is 31.5 Å². The number of ether oxygens (including phenoxy) is 1. The summed E-state index contributed by atoms with van der Waals surface area (Å²) in [6.45, 7) is 2.12. The number of furan rings is 1. The van der Waals surface area contributed by atoms with Gasteiger partial charge in [0, 0.05) is 28.4 Å². The Labute approximate surface area is 227 Å². The zero-order valence-corrected chi connectivity index (χ0v) is 22.2. The van der Waals surface area contributed by atoms with E-state index in [-0.39, 0.29) is 53.2 Å². The number of hydrogen-bond donors (Lipinski definition) is 2. The van der Waals surface area contributed by atoms with Gasteiger partial charge in [-0.25, -0.2) is 13.6 Å². The minimum atomic E-state index is -1.24. The molecule has 206 valence electrons. The van der Waals surface area contributed by atoms with Gasteiger partial charge in [-0.2, -0.15) is 5.10 Å². The minimum absolute atomic E-state index is 0.0386. The van der Waals surface area contributed by atoms with Gasteiger partial charge < -0.3 is 23.9 Å². The number of aromatic nitrogens is 3.